The molecule has 1 aliphatic heterocycles. The lowest BCUT2D eigenvalue weighted by Gasteiger charge is -2.15. The molecule has 0 radical (unpaired) electrons. The number of carbonyl (C=O) groups excluding carboxylic acids is 1. The summed E-state index contributed by atoms with van der Waals surface area (Å²) in [6.07, 6.45) is 0. The molecule has 1 aromatic carbocycles. The highest BCUT2D eigenvalue weighted by molar-refractivity contribution is 5.96. The molecular formula is C10H12N2O2. The van der Waals surface area contributed by atoms with Crippen molar-refractivity contribution in [2.45, 2.75) is 6.92 Å². The monoisotopic (exact) mass is 192 g/mol. The molecule has 0 aromatic heterocycles. The van der Waals surface area contributed by atoms with Gasteiger partial charge in [-0.25, -0.2) is 10.4 Å². The van der Waals surface area contributed by atoms with Gasteiger partial charge >= 0.3 is 0 Å². The Hall–Kier alpha value is -1.55. The number of hydrogen-bond donors (Lipinski definition) is 2. The number of aromatic hydroxyl groups is 1. The summed E-state index contributed by atoms with van der Waals surface area (Å²) < 4.78 is 0. The van der Waals surface area contributed by atoms with Gasteiger partial charge in [0, 0.05) is 12.6 Å². The molecule has 0 aliphatic carbocycles. The summed E-state index contributed by atoms with van der Waals surface area (Å²) in [5, 5.41) is 10.7. The molecule has 1 aliphatic rings. The SMILES string of the molecule is CC1CNN(c2cccc(O)c2)C1=O. The van der Waals surface area contributed by atoms with Crippen molar-refractivity contribution in [1.29, 1.82) is 0 Å². The zero-order valence-electron chi connectivity index (χ0n) is 7.90. The number of hydrogen-bond acceptors (Lipinski definition) is 3. The van der Waals surface area contributed by atoms with E-state index in [1.807, 2.05) is 6.92 Å². The predicted molar refractivity (Wildman–Crippen MR) is 52.8 cm³/mol. The van der Waals surface area contributed by atoms with Gasteiger partial charge in [0.1, 0.15) is 5.75 Å². The topological polar surface area (TPSA) is 52.6 Å². The molecule has 2 N–H and O–H groups in total. The summed E-state index contributed by atoms with van der Waals surface area (Å²) >= 11 is 0. The van der Waals surface area contributed by atoms with Gasteiger partial charge in [0.15, 0.2) is 0 Å². The molecule has 1 fully saturated rings. The largest absolute Gasteiger partial charge is 0.508 e. The van der Waals surface area contributed by atoms with Gasteiger partial charge in [0.05, 0.1) is 11.6 Å². The van der Waals surface area contributed by atoms with E-state index in [1.165, 1.54) is 5.01 Å². The third-order valence-electron chi connectivity index (χ3n) is 2.29. The molecule has 1 unspecified atom stereocenters. The van der Waals surface area contributed by atoms with E-state index in [2.05, 4.69) is 5.43 Å². The van der Waals surface area contributed by atoms with Crippen LogP contribution in [0.25, 0.3) is 0 Å². The molecule has 14 heavy (non-hydrogen) atoms. The summed E-state index contributed by atoms with van der Waals surface area (Å²) in [6.45, 7) is 2.52. The van der Waals surface area contributed by atoms with E-state index >= 15 is 0 Å². The molecule has 4 heteroatoms. The zero-order valence-corrected chi connectivity index (χ0v) is 7.90. The maximum atomic E-state index is 11.6. The first-order valence-corrected chi connectivity index (χ1v) is 4.55. The summed E-state index contributed by atoms with van der Waals surface area (Å²) in [7, 11) is 0. The second kappa shape index (κ2) is 3.31. The molecule has 1 atom stereocenters. The van der Waals surface area contributed by atoms with E-state index in [0.29, 0.717) is 12.2 Å². The second-order valence-corrected chi connectivity index (χ2v) is 3.46. The third kappa shape index (κ3) is 1.44. The van der Waals surface area contributed by atoms with E-state index in [1.54, 1.807) is 24.3 Å². The summed E-state index contributed by atoms with van der Waals surface area (Å²) in [5.41, 5.74) is 3.65. The van der Waals surface area contributed by atoms with Crippen LogP contribution in [-0.2, 0) is 4.79 Å². The van der Waals surface area contributed by atoms with E-state index in [4.69, 9.17) is 0 Å². The van der Waals surface area contributed by atoms with Gasteiger partial charge in [0.2, 0.25) is 5.91 Å². The summed E-state index contributed by atoms with van der Waals surface area (Å²) in [5.74, 6) is 0.199. The Morgan fingerprint density at radius 3 is 2.93 bits per heavy atom. The minimum absolute atomic E-state index is 0.00245. The fourth-order valence-corrected chi connectivity index (χ4v) is 1.46. The Balaban J connectivity index is 2.28. The van der Waals surface area contributed by atoms with Crippen molar-refractivity contribution < 1.29 is 9.90 Å². The highest BCUT2D eigenvalue weighted by Crippen LogP contribution is 2.22. The number of rotatable bonds is 1. The number of nitrogens with one attached hydrogen (secondary N) is 1. The second-order valence-electron chi connectivity index (χ2n) is 3.46. The first-order valence-electron chi connectivity index (χ1n) is 4.55. The van der Waals surface area contributed by atoms with Gasteiger partial charge in [-0.1, -0.05) is 13.0 Å². The van der Waals surface area contributed by atoms with Crippen LogP contribution in [0.5, 0.6) is 5.75 Å². The van der Waals surface area contributed by atoms with Crippen LogP contribution in [0, 0.1) is 5.92 Å². The fraction of sp³-hybridized carbons (Fsp3) is 0.300. The Bertz CT molecular complexity index is 365. The van der Waals surface area contributed by atoms with Gasteiger partial charge in [-0.3, -0.25) is 4.79 Å². The first-order chi connectivity index (χ1) is 6.68. The van der Waals surface area contributed by atoms with Crippen LogP contribution in [0.1, 0.15) is 6.92 Å². The van der Waals surface area contributed by atoms with E-state index < -0.39 is 0 Å². The van der Waals surface area contributed by atoms with Crippen LogP contribution < -0.4 is 10.4 Å². The Morgan fingerprint density at radius 1 is 1.57 bits per heavy atom. The van der Waals surface area contributed by atoms with E-state index in [0.717, 1.165) is 0 Å². The van der Waals surface area contributed by atoms with Crippen molar-refractivity contribution in [3.05, 3.63) is 24.3 Å². The highest BCUT2D eigenvalue weighted by Gasteiger charge is 2.28. The lowest BCUT2D eigenvalue weighted by molar-refractivity contribution is -0.119. The molecule has 0 bridgehead atoms. The minimum Gasteiger partial charge on any atom is -0.508 e. The number of benzene rings is 1. The first kappa shape index (κ1) is 9.02. The van der Waals surface area contributed by atoms with Crippen molar-refractivity contribution in [1.82, 2.24) is 5.43 Å². The van der Waals surface area contributed by atoms with Crippen molar-refractivity contribution in [2.75, 3.05) is 11.6 Å². The lowest BCUT2D eigenvalue weighted by Crippen LogP contribution is -2.34. The Morgan fingerprint density at radius 2 is 2.36 bits per heavy atom. The fourth-order valence-electron chi connectivity index (χ4n) is 1.46. The molecule has 1 heterocycles. The summed E-state index contributed by atoms with van der Waals surface area (Å²) in [6, 6.07) is 6.63. The highest BCUT2D eigenvalue weighted by atomic mass is 16.3. The standard InChI is InChI=1S/C10H12N2O2/c1-7-6-11-12(10(7)14)8-3-2-4-9(13)5-8/h2-5,7,11,13H,6H2,1H3. The van der Waals surface area contributed by atoms with Crippen molar-refractivity contribution in [2.24, 2.45) is 5.92 Å². The number of nitrogens with zero attached hydrogens (tertiary/aromatic N) is 1. The van der Waals surface area contributed by atoms with Crippen LogP contribution in [0.3, 0.4) is 0 Å². The quantitative estimate of drug-likeness (QED) is 0.694. The molecule has 2 rings (SSSR count). The maximum Gasteiger partial charge on any atom is 0.245 e. The van der Waals surface area contributed by atoms with Crippen molar-refractivity contribution in [3.63, 3.8) is 0 Å². The van der Waals surface area contributed by atoms with Crippen LogP contribution in [-0.4, -0.2) is 17.6 Å². The molecule has 4 nitrogen and oxygen atoms in total. The minimum atomic E-state index is -0.00245. The number of amides is 1. The maximum absolute atomic E-state index is 11.6. The molecule has 1 aromatic rings. The average molecular weight is 192 g/mol. The molecule has 1 amide bonds. The lowest BCUT2D eigenvalue weighted by atomic mass is 10.2. The molecule has 0 saturated carbocycles. The predicted octanol–water partition coefficient (Wildman–Crippen LogP) is 0.879. The van der Waals surface area contributed by atoms with Crippen LogP contribution in [0.4, 0.5) is 5.69 Å². The summed E-state index contributed by atoms with van der Waals surface area (Å²) in [4.78, 5) is 11.6. The van der Waals surface area contributed by atoms with Crippen molar-refractivity contribution in [3.8, 4) is 5.75 Å². The van der Waals surface area contributed by atoms with Gasteiger partial charge in [-0.15, -0.1) is 0 Å². The van der Waals surface area contributed by atoms with Gasteiger partial charge in [0.25, 0.3) is 0 Å². The zero-order chi connectivity index (χ0) is 10.1. The normalized spacial score (nSPS) is 21.6. The van der Waals surface area contributed by atoms with Crippen molar-refractivity contribution >= 4 is 11.6 Å². The van der Waals surface area contributed by atoms with E-state index in [-0.39, 0.29) is 17.6 Å². The number of phenolic OH excluding ortho intramolecular Hbond substituents is 1. The molecular weight excluding hydrogens is 180 g/mol. The number of anilines is 1. The molecule has 74 valence electrons. The van der Waals surface area contributed by atoms with Crippen LogP contribution in [0.15, 0.2) is 24.3 Å². The number of phenols is 1. The van der Waals surface area contributed by atoms with Gasteiger partial charge < -0.3 is 5.11 Å². The van der Waals surface area contributed by atoms with Crippen LogP contribution >= 0.6 is 0 Å². The third-order valence-corrected chi connectivity index (χ3v) is 2.29. The Labute approximate surface area is 82.1 Å². The smallest absolute Gasteiger partial charge is 0.245 e. The number of hydrazine groups is 1. The molecule has 1 saturated heterocycles. The Kier molecular flexibility index (Phi) is 2.13. The van der Waals surface area contributed by atoms with Gasteiger partial charge in [-0.2, -0.15) is 0 Å². The average Bonchev–Trinajstić information content (AvgIpc) is 2.48. The van der Waals surface area contributed by atoms with Crippen LogP contribution in [0.2, 0.25) is 0 Å². The number of carbonyl (C=O) groups is 1. The van der Waals surface area contributed by atoms with Gasteiger partial charge in [-0.05, 0) is 12.1 Å². The molecule has 0 spiro atoms. The van der Waals surface area contributed by atoms with E-state index in [9.17, 15) is 9.90 Å².